The molecule has 14 nitrogen and oxygen atoms in total. The summed E-state index contributed by atoms with van der Waals surface area (Å²) in [4.78, 5) is 15.4. The van der Waals surface area contributed by atoms with Crippen LogP contribution >= 0.6 is 0 Å². The Balaban J connectivity index is 0.00000220. The SMILES string of the molecule is COc1c2nc(c(-c3ccc(S(=O)(=O)[O-])cc3)c3ccc([nH]3)c(-c3ccc(S(=O)(=O)[O-])cc3)c3nc(c(-c4ccc(S(=O)(=O)[O-])cc4)c4ccc1[nH]4)C=C3)C=C2.[Na+].[Na+].[Na+]. The van der Waals surface area contributed by atoms with Gasteiger partial charge in [0, 0.05) is 33.2 Å². The Bertz CT molecular complexity index is 3110. The van der Waals surface area contributed by atoms with Crippen LogP contribution in [0, 0.1) is 0 Å². The number of methoxy groups -OCH3 is 1. The van der Waals surface area contributed by atoms with Crippen molar-refractivity contribution in [2.75, 3.05) is 7.11 Å². The maximum atomic E-state index is 11.8. The summed E-state index contributed by atoms with van der Waals surface area (Å²) in [5, 5.41) is 0. The van der Waals surface area contributed by atoms with Crippen LogP contribution < -0.4 is 93.4 Å². The number of rotatable bonds is 7. The first-order valence-corrected chi connectivity index (χ1v) is 20.7. The Morgan fingerprint density at radius 1 is 0.424 bits per heavy atom. The molecule has 0 radical (unpaired) electrons. The number of fused-ring (bicyclic) bond motifs is 8. The molecule has 2 aliphatic rings. The summed E-state index contributed by atoms with van der Waals surface area (Å²) in [5.74, 6) is 0.372. The zero-order chi connectivity index (χ0) is 39.6. The maximum absolute atomic E-state index is 11.8. The largest absolute Gasteiger partial charge is 1.00 e. The van der Waals surface area contributed by atoms with Gasteiger partial charge in [-0.15, -0.1) is 0 Å². The summed E-state index contributed by atoms with van der Waals surface area (Å²) in [7, 11) is -12.7. The van der Waals surface area contributed by atoms with Gasteiger partial charge in [0.2, 0.25) is 0 Å². The summed E-state index contributed by atoms with van der Waals surface area (Å²) in [6.45, 7) is 0. The van der Waals surface area contributed by atoms with Crippen LogP contribution in [-0.4, -0.2) is 66.0 Å². The number of aromatic nitrogens is 4. The third-order valence-electron chi connectivity index (χ3n) is 9.20. The van der Waals surface area contributed by atoms with Gasteiger partial charge >= 0.3 is 88.7 Å². The summed E-state index contributed by atoms with van der Waals surface area (Å²) in [6.07, 6.45) is 6.99. The number of ether oxygens (including phenoxy) is 1. The van der Waals surface area contributed by atoms with Gasteiger partial charge in [-0.1, -0.05) is 36.4 Å². The fraction of sp³-hybridized carbons (Fsp3) is 0.0256. The molecular formula is C39H25N4Na3O10S3. The van der Waals surface area contributed by atoms with E-state index >= 15 is 0 Å². The second kappa shape index (κ2) is 18.0. The number of benzene rings is 3. The van der Waals surface area contributed by atoms with Crippen LogP contribution in [0.25, 0.3) is 79.8 Å². The van der Waals surface area contributed by atoms with Crippen molar-refractivity contribution in [3.63, 3.8) is 0 Å². The molecule has 8 bridgehead atoms. The van der Waals surface area contributed by atoms with Crippen molar-refractivity contribution in [3.05, 3.63) is 120 Å². The Morgan fingerprint density at radius 2 is 0.695 bits per heavy atom. The number of H-pyrrole nitrogens is 2. The molecule has 0 fully saturated rings. The van der Waals surface area contributed by atoms with Gasteiger partial charge in [-0.3, -0.25) is 0 Å². The van der Waals surface area contributed by atoms with Crippen molar-refractivity contribution in [1.29, 1.82) is 0 Å². The first-order chi connectivity index (χ1) is 26.6. The maximum Gasteiger partial charge on any atom is 1.00 e. The molecule has 2 aliphatic heterocycles. The molecule has 0 spiro atoms. The minimum atomic E-state index is -4.75. The molecular weight excluding hydrogens is 850 g/mol. The van der Waals surface area contributed by atoms with E-state index in [0.29, 0.717) is 84.0 Å². The topological polar surface area (TPSA) is 238 Å². The number of nitrogens with one attached hydrogen (secondary N) is 2. The Kier molecular flexibility index (Phi) is 14.3. The number of hydrogen-bond donors (Lipinski definition) is 2. The van der Waals surface area contributed by atoms with Crippen LogP contribution in [0.3, 0.4) is 0 Å². The second-order valence-corrected chi connectivity index (χ2v) is 16.7. The van der Waals surface area contributed by atoms with Crippen molar-refractivity contribution in [2.45, 2.75) is 14.7 Å². The Morgan fingerprint density at radius 3 is 1.00 bits per heavy atom. The van der Waals surface area contributed by atoms with Gasteiger partial charge in [-0.2, -0.15) is 0 Å². The number of hydrogen-bond acceptors (Lipinski definition) is 12. The Hall–Kier alpha value is -3.21. The third kappa shape index (κ3) is 9.50. The van der Waals surface area contributed by atoms with E-state index in [-0.39, 0.29) is 88.7 Å². The van der Waals surface area contributed by atoms with Gasteiger partial charge in [0.25, 0.3) is 0 Å². The van der Waals surface area contributed by atoms with E-state index in [2.05, 4.69) is 9.97 Å². The van der Waals surface area contributed by atoms with E-state index < -0.39 is 45.0 Å². The van der Waals surface area contributed by atoms with Crippen molar-refractivity contribution >= 4 is 76.7 Å². The van der Waals surface area contributed by atoms with Crippen LogP contribution in [0.5, 0.6) is 5.75 Å². The minimum Gasteiger partial charge on any atom is -0.744 e. The first-order valence-electron chi connectivity index (χ1n) is 16.5. The monoisotopic (exact) mass is 874 g/mol. The second-order valence-electron chi connectivity index (χ2n) is 12.6. The molecule has 20 heteroatoms. The average Bonchev–Trinajstić information content (AvgIpc) is 3.99. The third-order valence-corrected chi connectivity index (χ3v) is 11.8. The summed E-state index contributed by atoms with van der Waals surface area (Å²) >= 11 is 0. The minimum absolute atomic E-state index is 0. The van der Waals surface area contributed by atoms with Gasteiger partial charge < -0.3 is 28.4 Å². The molecule has 3 aromatic heterocycles. The molecule has 0 atom stereocenters. The van der Waals surface area contributed by atoms with E-state index in [0.717, 1.165) is 0 Å². The fourth-order valence-electron chi connectivity index (χ4n) is 6.67. The molecule has 0 unspecified atom stereocenters. The van der Waals surface area contributed by atoms with Crippen LogP contribution in [-0.2, 0) is 30.4 Å². The van der Waals surface area contributed by atoms with E-state index in [1.807, 2.05) is 0 Å². The van der Waals surface area contributed by atoms with Gasteiger partial charge in [0.1, 0.15) is 36.0 Å². The van der Waals surface area contributed by atoms with Crippen molar-refractivity contribution < 1.29 is 132 Å². The van der Waals surface area contributed by atoms with Crippen molar-refractivity contribution in [2.24, 2.45) is 0 Å². The molecule has 0 amide bonds. The van der Waals surface area contributed by atoms with Gasteiger partial charge in [-0.05, 0) is 102 Å². The Labute approximate surface area is 405 Å². The van der Waals surface area contributed by atoms with E-state index in [1.54, 1.807) is 48.6 Å². The predicted molar refractivity (Wildman–Crippen MR) is 206 cm³/mol. The van der Waals surface area contributed by atoms with E-state index in [4.69, 9.17) is 14.7 Å². The summed E-state index contributed by atoms with van der Waals surface area (Å²) < 4.78 is 112. The van der Waals surface area contributed by atoms with Crippen LogP contribution in [0.2, 0.25) is 0 Å². The number of aromatic amines is 2. The van der Waals surface area contributed by atoms with E-state index in [1.165, 1.54) is 79.9 Å². The molecule has 2 N–H and O–H groups in total. The zero-order valence-corrected chi connectivity index (χ0v) is 40.2. The van der Waals surface area contributed by atoms with Crippen LogP contribution in [0.1, 0.15) is 22.8 Å². The molecule has 8 rings (SSSR count). The first kappa shape index (κ1) is 46.8. The van der Waals surface area contributed by atoms with Gasteiger partial charge in [-0.25, -0.2) is 35.2 Å². The molecule has 0 saturated heterocycles. The normalized spacial score (nSPS) is 12.3. The summed E-state index contributed by atoms with van der Waals surface area (Å²) in [6, 6.07) is 23.3. The smallest absolute Gasteiger partial charge is 0.744 e. The molecule has 0 aliphatic carbocycles. The molecule has 3 aromatic carbocycles. The van der Waals surface area contributed by atoms with Gasteiger partial charge in [0.05, 0.1) is 44.4 Å². The predicted octanol–water partition coefficient (Wildman–Crippen LogP) is -2.61. The molecule has 0 saturated carbocycles. The van der Waals surface area contributed by atoms with Crippen LogP contribution in [0.4, 0.5) is 0 Å². The molecule has 6 aromatic rings. The van der Waals surface area contributed by atoms with E-state index in [9.17, 15) is 38.9 Å². The number of nitrogens with zero attached hydrogens (tertiary/aromatic N) is 2. The zero-order valence-electron chi connectivity index (χ0n) is 31.7. The van der Waals surface area contributed by atoms with Crippen LogP contribution in [0.15, 0.2) is 112 Å². The molecule has 5 heterocycles. The average molecular weight is 875 g/mol. The quantitative estimate of drug-likeness (QED) is 0.124. The standard InChI is InChI=1S/C39H28N4O10S3.3Na/c1-53-39-34-20-18-32(42-34)37(23-4-10-26(11-5-23)55(47,48)49)30-16-14-28(40-30)36(22-2-8-25(9-3-22)54(44,45)46)29-15-17-31(41-29)38(33-19-21-35(39)43-33)24-6-12-27(13-7-24)56(50,51)52;;;/h2-21,40,43H,1H3,(H,44,45,46)(H,47,48,49)(H,50,51,52);;;/q;3*+1/p-3. The summed E-state index contributed by atoms with van der Waals surface area (Å²) in [5.41, 5.74) is 6.97. The van der Waals surface area contributed by atoms with Crippen molar-refractivity contribution in [1.82, 2.24) is 19.9 Å². The molecule has 282 valence electrons. The fourth-order valence-corrected chi connectivity index (χ4v) is 8.08. The van der Waals surface area contributed by atoms with Gasteiger partial charge in [0.15, 0.2) is 5.75 Å². The molecule has 59 heavy (non-hydrogen) atoms. The van der Waals surface area contributed by atoms with Crippen molar-refractivity contribution in [3.8, 4) is 39.1 Å².